The van der Waals surface area contributed by atoms with Crippen LogP contribution in [0.2, 0.25) is 0 Å². The van der Waals surface area contributed by atoms with Crippen LogP contribution in [0, 0.1) is 18.3 Å². The van der Waals surface area contributed by atoms with Gasteiger partial charge in [0.2, 0.25) is 0 Å². The summed E-state index contributed by atoms with van der Waals surface area (Å²) in [4.78, 5) is 35.0. The molecule has 1 aromatic carbocycles. The fraction of sp³-hybridized carbons (Fsp3) is 0.111. The van der Waals surface area contributed by atoms with E-state index in [-0.39, 0.29) is 33.9 Å². The fourth-order valence-electron chi connectivity index (χ4n) is 2.15. The topological polar surface area (TPSA) is 130 Å². The largest absolute Gasteiger partial charge is 0.478 e. The van der Waals surface area contributed by atoms with Gasteiger partial charge >= 0.3 is 11.9 Å². The van der Waals surface area contributed by atoms with Crippen molar-refractivity contribution >= 4 is 29.6 Å². The number of hydrogen-bond acceptors (Lipinski definition) is 6. The first kappa shape index (κ1) is 18.5. The second kappa shape index (κ2) is 7.81. The molecule has 0 unspecified atom stereocenters. The standard InChI is InChI=1S/C18H14N2O6/c1-10-14(18(24)25-2)8-12(26-10)7-11(9-19)16(21)20-15-6-4-3-5-13(15)17(22)23/h3-8H,1-2H3,(H,20,21)(H,22,23)/b11-7+. The Morgan fingerprint density at radius 2 is 1.96 bits per heavy atom. The second-order valence-electron chi connectivity index (χ2n) is 5.08. The molecule has 26 heavy (non-hydrogen) atoms. The molecule has 1 aromatic heterocycles. The van der Waals surface area contributed by atoms with Crippen LogP contribution < -0.4 is 5.32 Å². The van der Waals surface area contributed by atoms with Crippen LogP contribution in [0.15, 0.2) is 40.3 Å². The first-order valence-electron chi connectivity index (χ1n) is 7.31. The van der Waals surface area contributed by atoms with Crippen LogP contribution in [-0.2, 0) is 9.53 Å². The predicted molar refractivity (Wildman–Crippen MR) is 90.4 cm³/mol. The summed E-state index contributed by atoms with van der Waals surface area (Å²) in [6.07, 6.45) is 1.15. The Balaban J connectivity index is 2.30. The van der Waals surface area contributed by atoms with Crippen molar-refractivity contribution in [2.24, 2.45) is 0 Å². The van der Waals surface area contributed by atoms with Gasteiger partial charge in [-0.2, -0.15) is 5.26 Å². The molecule has 2 rings (SSSR count). The maximum absolute atomic E-state index is 12.3. The molecule has 0 spiro atoms. The van der Waals surface area contributed by atoms with Crippen LogP contribution in [0.5, 0.6) is 0 Å². The number of rotatable bonds is 5. The third kappa shape index (κ3) is 3.96. The van der Waals surface area contributed by atoms with Crippen LogP contribution in [0.25, 0.3) is 6.08 Å². The summed E-state index contributed by atoms with van der Waals surface area (Å²) in [5, 5.41) is 20.7. The monoisotopic (exact) mass is 354 g/mol. The van der Waals surface area contributed by atoms with Gasteiger partial charge in [-0.3, -0.25) is 4.79 Å². The number of nitrogens with one attached hydrogen (secondary N) is 1. The number of carbonyl (C=O) groups excluding carboxylic acids is 2. The fourth-order valence-corrected chi connectivity index (χ4v) is 2.15. The summed E-state index contributed by atoms with van der Waals surface area (Å²) in [6.45, 7) is 1.54. The molecule has 0 saturated heterocycles. The van der Waals surface area contributed by atoms with Crippen LogP contribution in [-0.4, -0.2) is 30.1 Å². The summed E-state index contributed by atoms with van der Waals surface area (Å²) < 4.78 is 9.93. The number of nitriles is 1. The number of methoxy groups -OCH3 is 1. The van der Waals surface area contributed by atoms with Crippen molar-refractivity contribution < 1.29 is 28.6 Å². The van der Waals surface area contributed by atoms with Crippen molar-refractivity contribution in [3.05, 3.63) is 58.6 Å². The number of anilines is 1. The number of hydrogen-bond donors (Lipinski definition) is 2. The summed E-state index contributed by atoms with van der Waals surface area (Å²) >= 11 is 0. The molecule has 0 fully saturated rings. The molecular weight excluding hydrogens is 340 g/mol. The lowest BCUT2D eigenvalue weighted by molar-refractivity contribution is -0.112. The van der Waals surface area contributed by atoms with Gasteiger partial charge in [0.05, 0.1) is 18.4 Å². The molecule has 2 N–H and O–H groups in total. The predicted octanol–water partition coefficient (Wildman–Crippen LogP) is 2.62. The van der Waals surface area contributed by atoms with E-state index in [0.717, 1.165) is 6.08 Å². The zero-order valence-corrected chi connectivity index (χ0v) is 13.9. The summed E-state index contributed by atoms with van der Waals surface area (Å²) in [6, 6.07) is 8.86. The van der Waals surface area contributed by atoms with E-state index in [1.165, 1.54) is 31.4 Å². The average molecular weight is 354 g/mol. The van der Waals surface area contributed by atoms with Gasteiger partial charge in [0, 0.05) is 6.08 Å². The van der Waals surface area contributed by atoms with Crippen LogP contribution in [0.1, 0.15) is 32.2 Å². The van der Waals surface area contributed by atoms with E-state index in [0.29, 0.717) is 0 Å². The van der Waals surface area contributed by atoms with Crippen molar-refractivity contribution in [3.63, 3.8) is 0 Å². The highest BCUT2D eigenvalue weighted by atomic mass is 16.5. The highest BCUT2D eigenvalue weighted by Gasteiger charge is 2.18. The van der Waals surface area contributed by atoms with Crippen molar-refractivity contribution in [1.29, 1.82) is 5.26 Å². The molecule has 0 bridgehead atoms. The number of carboxylic acids is 1. The third-order valence-electron chi connectivity index (χ3n) is 3.40. The lowest BCUT2D eigenvalue weighted by Gasteiger charge is -2.07. The number of benzene rings is 1. The van der Waals surface area contributed by atoms with Crippen LogP contribution in [0.3, 0.4) is 0 Å². The SMILES string of the molecule is COC(=O)c1cc(/C=C(\C#N)C(=O)Nc2ccccc2C(=O)O)oc1C. The first-order valence-corrected chi connectivity index (χ1v) is 7.31. The number of furan rings is 1. The number of carbonyl (C=O) groups is 3. The van der Waals surface area contributed by atoms with Crippen LogP contribution in [0.4, 0.5) is 5.69 Å². The van der Waals surface area contributed by atoms with Gasteiger partial charge in [-0.05, 0) is 25.1 Å². The Labute approximate surface area is 148 Å². The molecule has 2 aromatic rings. The van der Waals surface area contributed by atoms with Gasteiger partial charge in [0.15, 0.2) is 0 Å². The molecular formula is C18H14N2O6. The maximum atomic E-state index is 12.3. The minimum Gasteiger partial charge on any atom is -0.478 e. The highest BCUT2D eigenvalue weighted by molar-refractivity contribution is 6.11. The van der Waals surface area contributed by atoms with E-state index < -0.39 is 17.8 Å². The smallest absolute Gasteiger partial charge is 0.341 e. The van der Waals surface area contributed by atoms with E-state index in [2.05, 4.69) is 10.1 Å². The van der Waals surface area contributed by atoms with Gasteiger partial charge in [-0.25, -0.2) is 9.59 Å². The number of aryl methyl sites for hydroxylation is 1. The minimum absolute atomic E-state index is 0.0528. The van der Waals surface area contributed by atoms with E-state index in [1.807, 2.05) is 0 Å². The molecule has 0 radical (unpaired) electrons. The first-order chi connectivity index (χ1) is 12.4. The quantitative estimate of drug-likeness (QED) is 0.479. The molecule has 0 aliphatic rings. The normalized spacial score (nSPS) is 10.7. The van der Waals surface area contributed by atoms with Crippen molar-refractivity contribution in [2.75, 3.05) is 12.4 Å². The number of esters is 1. The van der Waals surface area contributed by atoms with E-state index in [9.17, 15) is 19.6 Å². The van der Waals surface area contributed by atoms with Gasteiger partial charge < -0.3 is 19.6 Å². The molecule has 0 aliphatic carbocycles. The lowest BCUT2D eigenvalue weighted by atomic mass is 10.1. The zero-order chi connectivity index (χ0) is 19.3. The molecule has 0 saturated carbocycles. The van der Waals surface area contributed by atoms with Crippen molar-refractivity contribution in [1.82, 2.24) is 0 Å². The van der Waals surface area contributed by atoms with Crippen LogP contribution >= 0.6 is 0 Å². The number of aromatic carboxylic acids is 1. The number of nitrogens with zero attached hydrogens (tertiary/aromatic N) is 1. The van der Waals surface area contributed by atoms with Crippen molar-refractivity contribution in [3.8, 4) is 6.07 Å². The minimum atomic E-state index is -1.22. The number of ether oxygens (including phenoxy) is 1. The van der Waals surface area contributed by atoms with Gasteiger partial charge in [-0.1, -0.05) is 12.1 Å². The molecule has 1 amide bonds. The Morgan fingerprint density at radius 3 is 2.58 bits per heavy atom. The maximum Gasteiger partial charge on any atom is 0.341 e. The summed E-state index contributed by atoms with van der Waals surface area (Å²) in [5.74, 6) is -2.25. The Bertz CT molecular complexity index is 949. The number of carboxylic acid groups (broad SMARTS) is 1. The molecule has 0 atom stereocenters. The average Bonchev–Trinajstić information content (AvgIpc) is 2.99. The molecule has 1 heterocycles. The molecule has 8 heteroatoms. The Kier molecular flexibility index (Phi) is 5.55. The van der Waals surface area contributed by atoms with Crippen molar-refractivity contribution in [2.45, 2.75) is 6.92 Å². The van der Waals surface area contributed by atoms with E-state index in [4.69, 9.17) is 9.52 Å². The Morgan fingerprint density at radius 1 is 1.27 bits per heavy atom. The summed E-state index contributed by atoms with van der Waals surface area (Å²) in [7, 11) is 1.22. The number of para-hydroxylation sites is 1. The van der Waals surface area contributed by atoms with Gasteiger partial charge in [-0.15, -0.1) is 0 Å². The number of amides is 1. The van der Waals surface area contributed by atoms with Gasteiger partial charge in [0.1, 0.15) is 28.7 Å². The van der Waals surface area contributed by atoms with E-state index in [1.54, 1.807) is 19.1 Å². The molecule has 132 valence electrons. The van der Waals surface area contributed by atoms with E-state index >= 15 is 0 Å². The van der Waals surface area contributed by atoms with Gasteiger partial charge in [0.25, 0.3) is 5.91 Å². The summed E-state index contributed by atoms with van der Waals surface area (Å²) in [5.41, 5.74) is -0.208. The lowest BCUT2D eigenvalue weighted by Crippen LogP contribution is -2.16. The second-order valence-corrected chi connectivity index (χ2v) is 5.08. The molecule has 0 aliphatic heterocycles. The zero-order valence-electron chi connectivity index (χ0n) is 13.9. The molecule has 8 nitrogen and oxygen atoms in total. The third-order valence-corrected chi connectivity index (χ3v) is 3.40. The Hall–Kier alpha value is -3.86. The highest BCUT2D eigenvalue weighted by Crippen LogP contribution is 2.20.